The average Bonchev–Trinajstić information content (AvgIpc) is 3.01. The molecule has 0 aromatic heterocycles. The summed E-state index contributed by atoms with van der Waals surface area (Å²) in [5.41, 5.74) is 0. The van der Waals surface area contributed by atoms with E-state index in [4.69, 9.17) is 0 Å². The molecule has 1 N–H and O–H groups in total. The van der Waals surface area contributed by atoms with E-state index in [-0.39, 0.29) is 0 Å². The molecule has 112 valence electrons. The molecular weight excluding hydrogens is 234 g/mol. The lowest BCUT2D eigenvalue weighted by atomic mass is 9.97. The fourth-order valence-electron chi connectivity index (χ4n) is 3.98. The van der Waals surface area contributed by atoms with Crippen LogP contribution in [0.2, 0.25) is 0 Å². The Balaban J connectivity index is 1.78. The van der Waals surface area contributed by atoms with Gasteiger partial charge in [-0.25, -0.2) is 0 Å². The standard InChI is InChI=1S/C16H33N3/c1-4-17-16(14-8-5-6-9-14)13-18(2)12-15-10-7-11-19(15)3/h14-17H,4-13H2,1-3H3. The van der Waals surface area contributed by atoms with Crippen molar-refractivity contribution < 1.29 is 0 Å². The molecule has 1 saturated carbocycles. The largest absolute Gasteiger partial charge is 0.313 e. The van der Waals surface area contributed by atoms with E-state index in [0.717, 1.165) is 18.5 Å². The van der Waals surface area contributed by atoms with Crippen LogP contribution in [0.4, 0.5) is 0 Å². The van der Waals surface area contributed by atoms with Crippen molar-refractivity contribution in [1.82, 2.24) is 15.1 Å². The Morgan fingerprint density at radius 3 is 2.53 bits per heavy atom. The number of nitrogens with one attached hydrogen (secondary N) is 1. The summed E-state index contributed by atoms with van der Waals surface area (Å²) in [6.07, 6.45) is 8.54. The number of hydrogen-bond donors (Lipinski definition) is 1. The van der Waals surface area contributed by atoms with E-state index in [1.54, 1.807) is 0 Å². The average molecular weight is 267 g/mol. The predicted octanol–water partition coefficient (Wildman–Crippen LogP) is 2.18. The molecule has 0 aromatic rings. The Kier molecular flexibility index (Phi) is 6.11. The normalized spacial score (nSPS) is 27.5. The van der Waals surface area contributed by atoms with Crippen LogP contribution in [0.5, 0.6) is 0 Å². The fourth-order valence-corrected chi connectivity index (χ4v) is 3.98. The van der Waals surface area contributed by atoms with E-state index in [2.05, 4.69) is 36.1 Å². The van der Waals surface area contributed by atoms with E-state index in [1.807, 2.05) is 0 Å². The van der Waals surface area contributed by atoms with Crippen molar-refractivity contribution >= 4 is 0 Å². The van der Waals surface area contributed by atoms with Gasteiger partial charge in [-0.3, -0.25) is 0 Å². The van der Waals surface area contributed by atoms with Gasteiger partial charge in [-0.2, -0.15) is 0 Å². The molecule has 0 radical (unpaired) electrons. The zero-order valence-electron chi connectivity index (χ0n) is 13.2. The number of hydrogen-bond acceptors (Lipinski definition) is 3. The summed E-state index contributed by atoms with van der Waals surface area (Å²) < 4.78 is 0. The number of likely N-dealkylation sites (N-methyl/N-ethyl adjacent to an activating group) is 3. The number of rotatable bonds is 7. The Bertz CT molecular complexity index is 250. The van der Waals surface area contributed by atoms with Gasteiger partial charge in [0.2, 0.25) is 0 Å². The predicted molar refractivity (Wildman–Crippen MR) is 82.6 cm³/mol. The van der Waals surface area contributed by atoms with Crippen molar-refractivity contribution in [3.63, 3.8) is 0 Å². The van der Waals surface area contributed by atoms with Crippen LogP contribution in [0.1, 0.15) is 45.4 Å². The molecule has 1 saturated heterocycles. The molecule has 3 heteroatoms. The molecule has 2 aliphatic rings. The minimum atomic E-state index is 0.712. The van der Waals surface area contributed by atoms with E-state index >= 15 is 0 Å². The van der Waals surface area contributed by atoms with Crippen molar-refractivity contribution in [2.24, 2.45) is 5.92 Å². The molecule has 2 atom stereocenters. The third-order valence-corrected chi connectivity index (χ3v) is 5.14. The molecule has 2 fully saturated rings. The van der Waals surface area contributed by atoms with Crippen LogP contribution < -0.4 is 5.32 Å². The lowest BCUT2D eigenvalue weighted by molar-refractivity contribution is 0.189. The third-order valence-electron chi connectivity index (χ3n) is 5.14. The van der Waals surface area contributed by atoms with Crippen LogP contribution >= 0.6 is 0 Å². The van der Waals surface area contributed by atoms with Gasteiger partial charge in [-0.1, -0.05) is 19.8 Å². The topological polar surface area (TPSA) is 18.5 Å². The van der Waals surface area contributed by atoms with Crippen LogP contribution in [-0.4, -0.2) is 62.2 Å². The molecule has 2 rings (SSSR count). The Morgan fingerprint density at radius 1 is 1.21 bits per heavy atom. The minimum absolute atomic E-state index is 0.712. The maximum atomic E-state index is 3.74. The van der Waals surface area contributed by atoms with Gasteiger partial charge in [0.25, 0.3) is 0 Å². The van der Waals surface area contributed by atoms with Crippen molar-refractivity contribution in [2.45, 2.75) is 57.5 Å². The first kappa shape index (κ1) is 15.3. The van der Waals surface area contributed by atoms with Gasteiger partial charge in [0, 0.05) is 25.2 Å². The van der Waals surface area contributed by atoms with Gasteiger partial charge >= 0.3 is 0 Å². The molecule has 0 spiro atoms. The summed E-state index contributed by atoms with van der Waals surface area (Å²) in [5.74, 6) is 0.920. The first-order chi connectivity index (χ1) is 9.20. The maximum absolute atomic E-state index is 3.74. The van der Waals surface area contributed by atoms with Crippen molar-refractivity contribution in [3.05, 3.63) is 0 Å². The Morgan fingerprint density at radius 2 is 1.95 bits per heavy atom. The van der Waals surface area contributed by atoms with Gasteiger partial charge < -0.3 is 15.1 Å². The molecular formula is C16H33N3. The summed E-state index contributed by atoms with van der Waals surface area (Å²) in [6.45, 7) is 7.11. The first-order valence-electron chi connectivity index (χ1n) is 8.33. The second-order valence-electron chi connectivity index (χ2n) is 6.71. The summed E-state index contributed by atoms with van der Waals surface area (Å²) in [6, 6.07) is 1.50. The maximum Gasteiger partial charge on any atom is 0.0223 e. The minimum Gasteiger partial charge on any atom is -0.313 e. The molecule has 0 bridgehead atoms. The molecule has 3 nitrogen and oxygen atoms in total. The van der Waals surface area contributed by atoms with Crippen LogP contribution in [0.25, 0.3) is 0 Å². The van der Waals surface area contributed by atoms with E-state index in [9.17, 15) is 0 Å². The molecule has 1 aliphatic carbocycles. The van der Waals surface area contributed by atoms with Gasteiger partial charge in [0.1, 0.15) is 0 Å². The molecule has 0 aromatic carbocycles. The monoisotopic (exact) mass is 267 g/mol. The van der Waals surface area contributed by atoms with Crippen molar-refractivity contribution in [3.8, 4) is 0 Å². The highest BCUT2D eigenvalue weighted by Gasteiger charge is 2.27. The van der Waals surface area contributed by atoms with Gasteiger partial charge in [-0.05, 0) is 58.8 Å². The van der Waals surface area contributed by atoms with Crippen LogP contribution in [0, 0.1) is 5.92 Å². The number of likely N-dealkylation sites (tertiary alicyclic amines) is 1. The summed E-state index contributed by atoms with van der Waals surface area (Å²) in [7, 11) is 4.59. The zero-order chi connectivity index (χ0) is 13.7. The van der Waals surface area contributed by atoms with Gasteiger partial charge in [0.15, 0.2) is 0 Å². The van der Waals surface area contributed by atoms with Gasteiger partial charge in [-0.15, -0.1) is 0 Å². The third kappa shape index (κ3) is 4.44. The summed E-state index contributed by atoms with van der Waals surface area (Å²) >= 11 is 0. The summed E-state index contributed by atoms with van der Waals surface area (Å²) in [4.78, 5) is 5.10. The highest BCUT2D eigenvalue weighted by Crippen LogP contribution is 2.28. The van der Waals surface area contributed by atoms with E-state index < -0.39 is 0 Å². The van der Waals surface area contributed by atoms with Crippen molar-refractivity contribution in [2.75, 3.05) is 40.3 Å². The summed E-state index contributed by atoms with van der Waals surface area (Å²) in [5, 5.41) is 3.74. The highest BCUT2D eigenvalue weighted by atomic mass is 15.2. The number of nitrogens with zero attached hydrogens (tertiary/aromatic N) is 2. The lowest BCUT2D eigenvalue weighted by Gasteiger charge is -2.32. The molecule has 19 heavy (non-hydrogen) atoms. The molecule has 1 aliphatic heterocycles. The smallest absolute Gasteiger partial charge is 0.0223 e. The van der Waals surface area contributed by atoms with Crippen LogP contribution in [0.15, 0.2) is 0 Å². The molecule has 0 amide bonds. The van der Waals surface area contributed by atoms with E-state index in [0.29, 0.717) is 6.04 Å². The second kappa shape index (κ2) is 7.61. The highest BCUT2D eigenvalue weighted by molar-refractivity contribution is 4.85. The molecule has 2 unspecified atom stereocenters. The van der Waals surface area contributed by atoms with Gasteiger partial charge in [0.05, 0.1) is 0 Å². The zero-order valence-corrected chi connectivity index (χ0v) is 13.2. The lowest BCUT2D eigenvalue weighted by Crippen LogP contribution is -2.46. The van der Waals surface area contributed by atoms with Crippen LogP contribution in [0.3, 0.4) is 0 Å². The Hall–Kier alpha value is -0.120. The first-order valence-corrected chi connectivity index (χ1v) is 8.33. The second-order valence-corrected chi connectivity index (χ2v) is 6.71. The SMILES string of the molecule is CCNC(CN(C)CC1CCCN1C)C1CCCC1. The van der Waals surface area contributed by atoms with E-state index in [1.165, 1.54) is 58.2 Å². The fraction of sp³-hybridized carbons (Fsp3) is 1.00. The molecule has 1 heterocycles. The van der Waals surface area contributed by atoms with Crippen molar-refractivity contribution in [1.29, 1.82) is 0 Å². The quantitative estimate of drug-likeness (QED) is 0.763. The Labute approximate surface area is 119 Å². The van der Waals surface area contributed by atoms with Crippen LogP contribution in [-0.2, 0) is 0 Å².